The van der Waals surface area contributed by atoms with Gasteiger partial charge in [-0.1, -0.05) is 12.1 Å². The van der Waals surface area contributed by atoms with Gasteiger partial charge in [-0.15, -0.1) is 0 Å². The number of benzene rings is 2. The van der Waals surface area contributed by atoms with Gasteiger partial charge < -0.3 is 4.98 Å². The molecule has 0 atom stereocenters. The second-order valence-electron chi connectivity index (χ2n) is 4.39. The van der Waals surface area contributed by atoms with Crippen molar-refractivity contribution in [1.29, 1.82) is 5.26 Å². The van der Waals surface area contributed by atoms with Crippen molar-refractivity contribution >= 4 is 23.1 Å². The zero-order chi connectivity index (χ0) is 15.0. The van der Waals surface area contributed by atoms with Crippen LogP contribution in [0.1, 0.15) is 5.56 Å². The number of H-pyrrole nitrogens is 1. The molecule has 3 rings (SSSR count). The number of hydrogen-bond acceptors (Lipinski definition) is 3. The van der Waals surface area contributed by atoms with Gasteiger partial charge >= 0.3 is 0 Å². The van der Waals surface area contributed by atoms with Crippen LogP contribution in [0.15, 0.2) is 47.3 Å². The maximum Gasteiger partial charge on any atom is 0.266 e. The summed E-state index contributed by atoms with van der Waals surface area (Å²) in [5.41, 5.74) is 0.391. The van der Waals surface area contributed by atoms with E-state index in [1.54, 1.807) is 24.3 Å². The molecular formula is C15H8FN3OS. The lowest BCUT2D eigenvalue weighted by Gasteiger charge is -2.09. The maximum atomic E-state index is 14.1. The average Bonchev–Trinajstić information content (AvgIpc) is 2.48. The third-order valence-electron chi connectivity index (χ3n) is 3.12. The molecule has 0 saturated carbocycles. The van der Waals surface area contributed by atoms with E-state index in [2.05, 4.69) is 4.98 Å². The lowest BCUT2D eigenvalue weighted by molar-refractivity contribution is 0.614. The highest BCUT2D eigenvalue weighted by molar-refractivity contribution is 7.71. The Morgan fingerprint density at radius 2 is 2.00 bits per heavy atom. The van der Waals surface area contributed by atoms with Crippen LogP contribution in [-0.2, 0) is 0 Å². The number of fused-ring (bicyclic) bond motifs is 1. The van der Waals surface area contributed by atoms with Crippen molar-refractivity contribution in [2.24, 2.45) is 0 Å². The van der Waals surface area contributed by atoms with E-state index >= 15 is 0 Å². The minimum absolute atomic E-state index is 0.0194. The van der Waals surface area contributed by atoms with E-state index in [1.165, 1.54) is 12.1 Å². The zero-order valence-corrected chi connectivity index (χ0v) is 11.4. The molecule has 2 aromatic carbocycles. The molecule has 0 radical (unpaired) electrons. The summed E-state index contributed by atoms with van der Waals surface area (Å²) in [5.74, 6) is -0.675. The highest BCUT2D eigenvalue weighted by Crippen LogP contribution is 2.15. The number of nitrogens with one attached hydrogen (secondary N) is 1. The van der Waals surface area contributed by atoms with E-state index in [0.717, 1.165) is 10.6 Å². The lowest BCUT2D eigenvalue weighted by Crippen LogP contribution is -2.21. The van der Waals surface area contributed by atoms with Crippen molar-refractivity contribution in [2.45, 2.75) is 0 Å². The minimum atomic E-state index is -0.675. The highest BCUT2D eigenvalue weighted by Gasteiger charge is 2.11. The van der Waals surface area contributed by atoms with Crippen molar-refractivity contribution in [3.63, 3.8) is 0 Å². The number of rotatable bonds is 1. The van der Waals surface area contributed by atoms with Gasteiger partial charge in [-0.25, -0.2) is 8.96 Å². The molecule has 0 aliphatic heterocycles. The number of aromatic amines is 1. The Kier molecular flexibility index (Phi) is 3.12. The Bertz CT molecular complexity index is 1010. The van der Waals surface area contributed by atoms with Crippen molar-refractivity contribution in [2.75, 3.05) is 0 Å². The Labute approximate surface area is 123 Å². The second-order valence-corrected chi connectivity index (χ2v) is 4.78. The number of halogens is 1. The summed E-state index contributed by atoms with van der Waals surface area (Å²) in [6.45, 7) is 0. The normalized spacial score (nSPS) is 10.5. The first kappa shape index (κ1) is 13.2. The average molecular weight is 297 g/mol. The van der Waals surface area contributed by atoms with Crippen LogP contribution in [0.2, 0.25) is 0 Å². The smallest absolute Gasteiger partial charge is 0.266 e. The van der Waals surface area contributed by atoms with Gasteiger partial charge in [0.1, 0.15) is 5.82 Å². The molecule has 0 unspecified atom stereocenters. The summed E-state index contributed by atoms with van der Waals surface area (Å²) in [6.07, 6.45) is 0. The quantitative estimate of drug-likeness (QED) is 0.702. The Morgan fingerprint density at radius 3 is 2.71 bits per heavy atom. The molecule has 1 N–H and O–H groups in total. The summed E-state index contributed by atoms with van der Waals surface area (Å²) >= 11 is 5.15. The van der Waals surface area contributed by atoms with Gasteiger partial charge in [-0.2, -0.15) is 5.26 Å². The highest BCUT2D eigenvalue weighted by atomic mass is 32.1. The van der Waals surface area contributed by atoms with Crippen molar-refractivity contribution in [3.8, 4) is 11.8 Å². The topological polar surface area (TPSA) is 61.6 Å². The van der Waals surface area contributed by atoms with E-state index in [1.807, 2.05) is 6.07 Å². The predicted octanol–water partition coefficient (Wildman–Crippen LogP) is 3.06. The number of para-hydroxylation sites is 1. The van der Waals surface area contributed by atoms with Gasteiger partial charge in [-0.05, 0) is 42.5 Å². The molecule has 1 aromatic heterocycles. The van der Waals surface area contributed by atoms with E-state index in [0.29, 0.717) is 10.9 Å². The largest absolute Gasteiger partial charge is 0.331 e. The van der Waals surface area contributed by atoms with Crippen LogP contribution in [0.3, 0.4) is 0 Å². The third kappa shape index (κ3) is 2.14. The molecule has 1 heterocycles. The standard InChI is InChI=1S/C15H8FN3OS/c16-11-7-9(8-17)5-6-13(11)19-14(20)10-3-1-2-4-12(10)18-15(19)21/h1-7H,(H,18,21). The zero-order valence-electron chi connectivity index (χ0n) is 10.6. The predicted molar refractivity (Wildman–Crippen MR) is 79.4 cm³/mol. The van der Waals surface area contributed by atoms with E-state index in [-0.39, 0.29) is 16.0 Å². The van der Waals surface area contributed by atoms with Gasteiger partial charge in [0.15, 0.2) is 4.77 Å². The lowest BCUT2D eigenvalue weighted by atomic mass is 10.2. The van der Waals surface area contributed by atoms with Gasteiger partial charge in [0.05, 0.1) is 28.2 Å². The van der Waals surface area contributed by atoms with E-state index in [4.69, 9.17) is 17.5 Å². The van der Waals surface area contributed by atoms with Crippen LogP contribution in [0, 0.1) is 21.9 Å². The van der Waals surface area contributed by atoms with Crippen molar-refractivity contribution in [3.05, 3.63) is 69.0 Å². The van der Waals surface area contributed by atoms with Crippen LogP contribution in [-0.4, -0.2) is 9.55 Å². The van der Waals surface area contributed by atoms with Gasteiger partial charge in [0.25, 0.3) is 5.56 Å². The number of nitrogens with zero attached hydrogens (tertiary/aromatic N) is 2. The summed E-state index contributed by atoms with van der Waals surface area (Å²) < 4.78 is 15.3. The van der Waals surface area contributed by atoms with Gasteiger partial charge in [0, 0.05) is 0 Å². The summed E-state index contributed by atoms with van der Waals surface area (Å²) in [7, 11) is 0. The maximum absolute atomic E-state index is 14.1. The molecule has 4 nitrogen and oxygen atoms in total. The third-order valence-corrected chi connectivity index (χ3v) is 3.41. The van der Waals surface area contributed by atoms with Crippen molar-refractivity contribution < 1.29 is 4.39 Å². The summed E-state index contributed by atoms with van der Waals surface area (Å²) in [6, 6.07) is 12.6. The first-order valence-corrected chi connectivity index (χ1v) is 6.47. The van der Waals surface area contributed by atoms with Crippen molar-refractivity contribution in [1.82, 2.24) is 9.55 Å². The van der Waals surface area contributed by atoms with Crippen LogP contribution in [0.25, 0.3) is 16.6 Å². The summed E-state index contributed by atoms with van der Waals surface area (Å²) in [4.78, 5) is 15.4. The second kappa shape index (κ2) is 4.96. The molecule has 0 aliphatic rings. The molecule has 0 aliphatic carbocycles. The van der Waals surface area contributed by atoms with Crippen LogP contribution in [0.4, 0.5) is 4.39 Å². The Morgan fingerprint density at radius 1 is 1.24 bits per heavy atom. The molecule has 21 heavy (non-hydrogen) atoms. The fourth-order valence-electron chi connectivity index (χ4n) is 2.14. The molecular weight excluding hydrogens is 289 g/mol. The first-order valence-electron chi connectivity index (χ1n) is 6.06. The molecule has 6 heteroatoms. The molecule has 3 aromatic rings. The molecule has 0 amide bonds. The Balaban J connectivity index is 2.39. The van der Waals surface area contributed by atoms with E-state index in [9.17, 15) is 9.18 Å². The molecule has 102 valence electrons. The Hall–Kier alpha value is -2.78. The molecule has 0 fully saturated rings. The van der Waals surface area contributed by atoms with E-state index < -0.39 is 11.4 Å². The molecule has 0 bridgehead atoms. The SMILES string of the molecule is N#Cc1ccc(-n2c(=S)[nH]c3ccccc3c2=O)c(F)c1. The minimum Gasteiger partial charge on any atom is -0.331 e. The first-order chi connectivity index (χ1) is 10.1. The van der Waals surface area contributed by atoms with Gasteiger partial charge in [-0.3, -0.25) is 4.79 Å². The fraction of sp³-hybridized carbons (Fsp3) is 0. The van der Waals surface area contributed by atoms with Crippen LogP contribution >= 0.6 is 12.2 Å². The van der Waals surface area contributed by atoms with Gasteiger partial charge in [0.2, 0.25) is 0 Å². The fourth-order valence-corrected chi connectivity index (χ4v) is 2.43. The summed E-state index contributed by atoms with van der Waals surface area (Å²) in [5, 5.41) is 9.17. The number of hydrogen-bond donors (Lipinski definition) is 1. The number of aromatic nitrogens is 2. The number of nitriles is 1. The monoisotopic (exact) mass is 297 g/mol. The van der Waals surface area contributed by atoms with Crippen LogP contribution < -0.4 is 5.56 Å². The van der Waals surface area contributed by atoms with Crippen LogP contribution in [0.5, 0.6) is 0 Å². The molecule has 0 spiro atoms. The molecule has 0 saturated heterocycles.